The summed E-state index contributed by atoms with van der Waals surface area (Å²) in [6.07, 6.45) is -0.413. The number of nitrogens with zero attached hydrogens (tertiary/aromatic N) is 1. The predicted molar refractivity (Wildman–Crippen MR) is 74.7 cm³/mol. The van der Waals surface area contributed by atoms with Crippen LogP contribution in [0.4, 0.5) is 4.39 Å². The molecule has 0 bridgehead atoms. The maximum atomic E-state index is 13.5. The first-order valence-electron chi connectivity index (χ1n) is 6.27. The van der Waals surface area contributed by atoms with Crippen LogP contribution >= 0.6 is 0 Å². The summed E-state index contributed by atoms with van der Waals surface area (Å²) in [5.74, 6) is -0.381. The highest BCUT2D eigenvalue weighted by Crippen LogP contribution is 2.26. The standard InChI is InChI=1S/C16H15FN2O/c1-11-5-7-12(8-6-11)16(10-19)20-15-4-2-3-14(17)13(15)9-18/h2-8,16H,10,19H2,1H3. The van der Waals surface area contributed by atoms with E-state index in [0.29, 0.717) is 0 Å². The highest BCUT2D eigenvalue weighted by Gasteiger charge is 2.15. The SMILES string of the molecule is Cc1ccc(C(CN)Oc2cccc(F)c2C#N)cc1. The van der Waals surface area contributed by atoms with Gasteiger partial charge in [-0.3, -0.25) is 0 Å². The highest BCUT2D eigenvalue weighted by atomic mass is 19.1. The van der Waals surface area contributed by atoms with E-state index in [1.54, 1.807) is 6.07 Å². The molecule has 0 heterocycles. The van der Waals surface area contributed by atoms with Crippen molar-refractivity contribution in [3.8, 4) is 11.8 Å². The molecule has 2 aromatic carbocycles. The zero-order valence-electron chi connectivity index (χ0n) is 11.1. The number of benzene rings is 2. The number of hydrogen-bond acceptors (Lipinski definition) is 3. The Balaban J connectivity index is 2.30. The third kappa shape index (κ3) is 2.95. The van der Waals surface area contributed by atoms with Gasteiger partial charge in [0.2, 0.25) is 0 Å². The minimum atomic E-state index is -0.593. The first-order chi connectivity index (χ1) is 9.65. The smallest absolute Gasteiger partial charge is 0.144 e. The van der Waals surface area contributed by atoms with Crippen LogP contribution in [0.15, 0.2) is 42.5 Å². The molecule has 2 aromatic rings. The van der Waals surface area contributed by atoms with Crippen molar-refractivity contribution < 1.29 is 9.13 Å². The van der Waals surface area contributed by atoms with Crippen LogP contribution in [0.2, 0.25) is 0 Å². The Bertz CT molecular complexity index is 632. The molecule has 2 N–H and O–H groups in total. The van der Waals surface area contributed by atoms with Crippen molar-refractivity contribution >= 4 is 0 Å². The minimum Gasteiger partial charge on any atom is -0.483 e. The predicted octanol–water partition coefficient (Wildman–Crippen LogP) is 3.08. The summed E-state index contributed by atoms with van der Waals surface area (Å²) in [5.41, 5.74) is 7.65. The zero-order valence-corrected chi connectivity index (χ0v) is 11.1. The van der Waals surface area contributed by atoms with Crippen LogP contribution in [-0.4, -0.2) is 6.54 Å². The zero-order chi connectivity index (χ0) is 14.5. The van der Waals surface area contributed by atoms with E-state index in [4.69, 9.17) is 15.7 Å². The first kappa shape index (κ1) is 14.0. The van der Waals surface area contributed by atoms with Gasteiger partial charge >= 0.3 is 0 Å². The lowest BCUT2D eigenvalue weighted by atomic mass is 10.1. The molecule has 0 saturated heterocycles. The average Bonchev–Trinajstić information content (AvgIpc) is 2.46. The van der Waals surface area contributed by atoms with Gasteiger partial charge in [0.25, 0.3) is 0 Å². The molecule has 0 fully saturated rings. The molecule has 2 rings (SSSR count). The average molecular weight is 270 g/mol. The second-order valence-electron chi connectivity index (χ2n) is 4.48. The summed E-state index contributed by atoms with van der Waals surface area (Å²) in [6.45, 7) is 2.23. The first-order valence-corrected chi connectivity index (χ1v) is 6.27. The lowest BCUT2D eigenvalue weighted by Crippen LogP contribution is -2.19. The fourth-order valence-corrected chi connectivity index (χ4v) is 1.90. The molecule has 0 spiro atoms. The van der Waals surface area contributed by atoms with Gasteiger partial charge in [-0.1, -0.05) is 35.9 Å². The van der Waals surface area contributed by atoms with Gasteiger partial charge in [-0.2, -0.15) is 5.26 Å². The van der Waals surface area contributed by atoms with E-state index in [2.05, 4.69) is 0 Å². The van der Waals surface area contributed by atoms with Crippen molar-refractivity contribution in [2.45, 2.75) is 13.0 Å². The Labute approximate surface area is 117 Å². The molecule has 20 heavy (non-hydrogen) atoms. The normalized spacial score (nSPS) is 11.7. The molecule has 4 heteroatoms. The molecule has 0 aliphatic carbocycles. The quantitative estimate of drug-likeness (QED) is 0.928. The van der Waals surface area contributed by atoms with E-state index in [0.717, 1.165) is 11.1 Å². The van der Waals surface area contributed by atoms with Crippen LogP contribution in [0.25, 0.3) is 0 Å². The van der Waals surface area contributed by atoms with Crippen LogP contribution in [0.1, 0.15) is 22.8 Å². The summed E-state index contributed by atoms with van der Waals surface area (Å²) < 4.78 is 19.2. The van der Waals surface area contributed by atoms with Crippen molar-refractivity contribution in [1.29, 1.82) is 5.26 Å². The Morgan fingerprint density at radius 3 is 2.55 bits per heavy atom. The van der Waals surface area contributed by atoms with Crippen LogP contribution in [0.3, 0.4) is 0 Å². The van der Waals surface area contributed by atoms with Crippen molar-refractivity contribution in [3.05, 3.63) is 65.0 Å². The lowest BCUT2D eigenvalue weighted by molar-refractivity contribution is 0.212. The molecular formula is C16H15FN2O. The second kappa shape index (κ2) is 6.18. The maximum absolute atomic E-state index is 13.5. The maximum Gasteiger partial charge on any atom is 0.144 e. The Kier molecular flexibility index (Phi) is 4.34. The van der Waals surface area contributed by atoms with Crippen LogP contribution < -0.4 is 10.5 Å². The monoisotopic (exact) mass is 270 g/mol. The van der Waals surface area contributed by atoms with Gasteiger partial charge < -0.3 is 10.5 Å². The second-order valence-corrected chi connectivity index (χ2v) is 4.48. The van der Waals surface area contributed by atoms with Gasteiger partial charge in [0.15, 0.2) is 0 Å². The summed E-state index contributed by atoms with van der Waals surface area (Å²) >= 11 is 0. The fourth-order valence-electron chi connectivity index (χ4n) is 1.90. The van der Waals surface area contributed by atoms with Gasteiger partial charge in [0.05, 0.1) is 0 Å². The molecular weight excluding hydrogens is 255 g/mol. The largest absolute Gasteiger partial charge is 0.483 e. The number of nitrogens with two attached hydrogens (primary N) is 1. The molecule has 0 aliphatic rings. The van der Waals surface area contributed by atoms with E-state index in [1.165, 1.54) is 12.1 Å². The Hall–Kier alpha value is -2.38. The topological polar surface area (TPSA) is 59.0 Å². The molecule has 0 aromatic heterocycles. The van der Waals surface area contributed by atoms with E-state index >= 15 is 0 Å². The Morgan fingerprint density at radius 2 is 1.95 bits per heavy atom. The van der Waals surface area contributed by atoms with Crippen molar-refractivity contribution in [2.75, 3.05) is 6.54 Å². The van der Waals surface area contributed by atoms with E-state index in [9.17, 15) is 4.39 Å². The van der Waals surface area contributed by atoms with Crippen LogP contribution in [0, 0.1) is 24.1 Å². The number of halogens is 1. The Morgan fingerprint density at radius 1 is 1.25 bits per heavy atom. The van der Waals surface area contributed by atoms with Gasteiger partial charge in [0, 0.05) is 6.54 Å². The number of rotatable bonds is 4. The molecule has 0 amide bonds. The number of aryl methyl sites for hydroxylation is 1. The molecule has 0 radical (unpaired) electrons. The molecule has 0 aliphatic heterocycles. The van der Waals surface area contributed by atoms with Gasteiger partial charge in [-0.15, -0.1) is 0 Å². The van der Waals surface area contributed by atoms with Crippen LogP contribution in [0.5, 0.6) is 5.75 Å². The molecule has 102 valence electrons. The lowest BCUT2D eigenvalue weighted by Gasteiger charge is -2.19. The van der Waals surface area contributed by atoms with E-state index < -0.39 is 11.9 Å². The molecule has 0 saturated carbocycles. The fraction of sp³-hybridized carbons (Fsp3) is 0.188. The number of ether oxygens (including phenoxy) is 1. The summed E-state index contributed by atoms with van der Waals surface area (Å²) in [7, 11) is 0. The third-order valence-electron chi connectivity index (χ3n) is 3.02. The highest BCUT2D eigenvalue weighted by molar-refractivity contribution is 5.44. The van der Waals surface area contributed by atoms with Crippen LogP contribution in [-0.2, 0) is 0 Å². The van der Waals surface area contributed by atoms with E-state index in [-0.39, 0.29) is 17.9 Å². The van der Waals surface area contributed by atoms with Gasteiger partial charge in [-0.25, -0.2) is 4.39 Å². The van der Waals surface area contributed by atoms with Crippen molar-refractivity contribution in [3.63, 3.8) is 0 Å². The minimum absolute atomic E-state index is 0.0990. The summed E-state index contributed by atoms with van der Waals surface area (Å²) in [4.78, 5) is 0. The van der Waals surface area contributed by atoms with Crippen molar-refractivity contribution in [2.24, 2.45) is 5.73 Å². The molecule has 3 nitrogen and oxygen atoms in total. The van der Waals surface area contributed by atoms with E-state index in [1.807, 2.05) is 37.3 Å². The number of nitriles is 1. The van der Waals surface area contributed by atoms with Gasteiger partial charge in [-0.05, 0) is 24.6 Å². The van der Waals surface area contributed by atoms with Crippen molar-refractivity contribution in [1.82, 2.24) is 0 Å². The summed E-state index contributed by atoms with van der Waals surface area (Å²) in [5, 5.41) is 8.99. The summed E-state index contributed by atoms with van der Waals surface area (Å²) in [6, 6.07) is 13.9. The number of hydrogen-bond donors (Lipinski definition) is 1. The van der Waals surface area contributed by atoms with Gasteiger partial charge in [0.1, 0.15) is 29.3 Å². The molecule has 1 atom stereocenters. The third-order valence-corrected chi connectivity index (χ3v) is 3.02. The molecule has 1 unspecified atom stereocenters.